The number of likely N-dealkylation sites (tertiary alicyclic amines) is 1. The van der Waals surface area contributed by atoms with Crippen LogP contribution in [0, 0.1) is 5.82 Å². The van der Waals surface area contributed by atoms with Gasteiger partial charge in [0.25, 0.3) is 5.91 Å². The molecule has 1 fully saturated rings. The van der Waals surface area contributed by atoms with E-state index in [0.717, 1.165) is 31.5 Å². The first kappa shape index (κ1) is 18.6. The number of nitrogens with two attached hydrogens (primary N) is 1. The molecule has 0 saturated carbocycles. The lowest BCUT2D eigenvalue weighted by molar-refractivity contribution is 0.100. The fraction of sp³-hybridized carbons (Fsp3) is 0.364. The highest BCUT2D eigenvalue weighted by Gasteiger charge is 2.23. The molecule has 28 heavy (non-hydrogen) atoms. The minimum atomic E-state index is -0.549. The number of halogens is 1. The normalized spacial score (nSPS) is 16.1. The highest BCUT2D eigenvalue weighted by atomic mass is 19.1. The number of hydrogen-bond acceptors (Lipinski definition) is 3. The molecular weight excluding hydrogens is 355 g/mol. The molecule has 3 N–H and O–H groups in total. The molecule has 0 aliphatic carbocycles. The molecule has 0 unspecified atom stereocenters. The number of para-hydroxylation sites is 1. The fourth-order valence-electron chi connectivity index (χ4n) is 4.09. The molecule has 2 aromatic carbocycles. The Bertz CT molecular complexity index is 1020. The third kappa shape index (κ3) is 3.40. The molecule has 1 saturated heterocycles. The maximum atomic E-state index is 14.9. The quantitative estimate of drug-likeness (QED) is 0.717. The summed E-state index contributed by atoms with van der Waals surface area (Å²) in [6, 6.07) is 11.1. The minimum absolute atomic E-state index is 0.302. The maximum absolute atomic E-state index is 14.9. The van der Waals surface area contributed by atoms with Crippen molar-refractivity contribution in [2.75, 3.05) is 13.1 Å². The third-order valence-electron chi connectivity index (χ3n) is 5.76. The van der Waals surface area contributed by atoms with Gasteiger partial charge in [-0.05, 0) is 75.5 Å². The second-order valence-electron chi connectivity index (χ2n) is 7.79. The van der Waals surface area contributed by atoms with Gasteiger partial charge in [-0.1, -0.05) is 12.1 Å². The summed E-state index contributed by atoms with van der Waals surface area (Å²) >= 11 is 0. The number of piperidine rings is 1. The number of nitrogens with zero attached hydrogens (tertiary/aromatic N) is 2. The number of rotatable bonds is 4. The number of benzene rings is 2. The molecule has 0 atom stereocenters. The Hall–Kier alpha value is -2.73. The topological polar surface area (TPSA) is 75.0 Å². The number of hydrogen-bond donors (Lipinski definition) is 2. The van der Waals surface area contributed by atoms with Crippen molar-refractivity contribution >= 4 is 16.9 Å². The molecular formula is C22H25FN4O. The van der Waals surface area contributed by atoms with Crippen molar-refractivity contribution in [3.8, 4) is 11.4 Å². The average molecular weight is 380 g/mol. The highest BCUT2D eigenvalue weighted by molar-refractivity contribution is 6.04. The van der Waals surface area contributed by atoms with E-state index in [1.54, 1.807) is 30.3 Å². The molecule has 146 valence electrons. The van der Waals surface area contributed by atoms with E-state index >= 15 is 0 Å². The molecule has 6 heteroatoms. The van der Waals surface area contributed by atoms with Crippen LogP contribution in [0.2, 0.25) is 0 Å². The van der Waals surface area contributed by atoms with E-state index in [-0.39, 0.29) is 5.82 Å². The zero-order valence-corrected chi connectivity index (χ0v) is 16.2. The van der Waals surface area contributed by atoms with Gasteiger partial charge in [0.2, 0.25) is 0 Å². The largest absolute Gasteiger partial charge is 0.366 e. The summed E-state index contributed by atoms with van der Waals surface area (Å²) < 4.78 is 14.9. The molecule has 1 aromatic heterocycles. The summed E-state index contributed by atoms with van der Waals surface area (Å²) in [5.41, 5.74) is 8.31. The van der Waals surface area contributed by atoms with E-state index in [4.69, 9.17) is 5.73 Å². The van der Waals surface area contributed by atoms with Crippen LogP contribution in [0.1, 0.15) is 48.5 Å². The summed E-state index contributed by atoms with van der Waals surface area (Å²) in [4.78, 5) is 21.6. The van der Waals surface area contributed by atoms with Gasteiger partial charge < -0.3 is 15.6 Å². The molecule has 4 rings (SSSR count). The third-order valence-corrected chi connectivity index (χ3v) is 5.76. The smallest absolute Gasteiger partial charge is 0.250 e. The summed E-state index contributed by atoms with van der Waals surface area (Å²) in [6.07, 6.45) is 2.09. The van der Waals surface area contributed by atoms with Crippen LogP contribution in [0.5, 0.6) is 0 Å². The Balaban J connectivity index is 1.61. The van der Waals surface area contributed by atoms with Crippen molar-refractivity contribution < 1.29 is 9.18 Å². The molecule has 1 aliphatic rings. The van der Waals surface area contributed by atoms with Crippen LogP contribution >= 0.6 is 0 Å². The Kier molecular flexibility index (Phi) is 4.89. The van der Waals surface area contributed by atoms with Gasteiger partial charge in [0, 0.05) is 6.04 Å². The van der Waals surface area contributed by atoms with Gasteiger partial charge in [0.15, 0.2) is 0 Å². The first-order valence-corrected chi connectivity index (χ1v) is 9.76. The van der Waals surface area contributed by atoms with E-state index in [9.17, 15) is 9.18 Å². The Morgan fingerprint density at radius 2 is 2.00 bits per heavy atom. The van der Waals surface area contributed by atoms with Gasteiger partial charge in [-0.15, -0.1) is 0 Å². The summed E-state index contributed by atoms with van der Waals surface area (Å²) in [7, 11) is 0. The standard InChI is InChI=1S/C22H25FN4O/c1-13(2)27-10-8-14(9-11-27)15-6-7-16(18(23)12-15)22-25-19-5-3-4-17(21(24)28)20(19)26-22/h3-7,12-14H,8-11H2,1-2H3,(H2,24,28)(H,25,26). The first-order valence-electron chi connectivity index (χ1n) is 9.76. The number of carbonyl (C=O) groups excluding carboxylic acids is 1. The average Bonchev–Trinajstić information content (AvgIpc) is 3.11. The lowest BCUT2D eigenvalue weighted by Crippen LogP contribution is -2.37. The van der Waals surface area contributed by atoms with Crippen LogP contribution in [0.15, 0.2) is 36.4 Å². The Morgan fingerprint density at radius 3 is 2.64 bits per heavy atom. The number of nitrogens with one attached hydrogen (secondary N) is 1. The van der Waals surface area contributed by atoms with Crippen molar-refractivity contribution in [2.45, 2.75) is 38.6 Å². The maximum Gasteiger partial charge on any atom is 0.250 e. The van der Waals surface area contributed by atoms with E-state index < -0.39 is 5.91 Å². The molecule has 0 bridgehead atoms. The highest BCUT2D eigenvalue weighted by Crippen LogP contribution is 2.32. The van der Waals surface area contributed by atoms with Crippen LogP contribution in [-0.4, -0.2) is 39.9 Å². The Labute approximate surface area is 163 Å². The predicted octanol–water partition coefficient (Wildman–Crippen LogP) is 4.06. The van der Waals surface area contributed by atoms with E-state index in [1.165, 1.54) is 0 Å². The SMILES string of the molecule is CC(C)N1CCC(c2ccc(-c3nc4c(C(N)=O)cccc4[nH]3)c(F)c2)CC1. The van der Waals surface area contributed by atoms with Crippen LogP contribution < -0.4 is 5.73 Å². The number of fused-ring (bicyclic) bond motifs is 1. The van der Waals surface area contributed by atoms with E-state index in [2.05, 4.69) is 28.7 Å². The number of primary amides is 1. The molecule has 0 radical (unpaired) electrons. The number of imidazole rings is 1. The van der Waals surface area contributed by atoms with Gasteiger partial charge in [-0.25, -0.2) is 9.37 Å². The fourth-order valence-corrected chi connectivity index (χ4v) is 4.09. The second-order valence-corrected chi connectivity index (χ2v) is 7.79. The van der Waals surface area contributed by atoms with Crippen LogP contribution in [0.25, 0.3) is 22.4 Å². The van der Waals surface area contributed by atoms with Gasteiger partial charge in [-0.2, -0.15) is 0 Å². The van der Waals surface area contributed by atoms with Crippen molar-refractivity contribution in [1.29, 1.82) is 0 Å². The monoisotopic (exact) mass is 380 g/mol. The summed E-state index contributed by atoms with van der Waals surface area (Å²) in [5.74, 6) is -0.0613. The zero-order chi connectivity index (χ0) is 19.8. The molecule has 3 aromatic rings. The second kappa shape index (κ2) is 7.36. The van der Waals surface area contributed by atoms with E-state index in [1.807, 2.05) is 6.07 Å². The van der Waals surface area contributed by atoms with Gasteiger partial charge in [0.05, 0.1) is 16.6 Å². The first-order chi connectivity index (χ1) is 13.4. The summed E-state index contributed by atoms with van der Waals surface area (Å²) in [6.45, 7) is 6.52. The number of H-pyrrole nitrogens is 1. The zero-order valence-electron chi connectivity index (χ0n) is 16.2. The van der Waals surface area contributed by atoms with Crippen molar-refractivity contribution in [3.05, 3.63) is 53.3 Å². The number of aromatic nitrogens is 2. The molecule has 5 nitrogen and oxygen atoms in total. The predicted molar refractivity (Wildman–Crippen MR) is 109 cm³/mol. The lowest BCUT2D eigenvalue weighted by Gasteiger charge is -2.34. The molecule has 0 spiro atoms. The number of amides is 1. The molecule has 2 heterocycles. The Morgan fingerprint density at radius 1 is 1.25 bits per heavy atom. The van der Waals surface area contributed by atoms with Gasteiger partial charge in [0.1, 0.15) is 17.2 Å². The van der Waals surface area contributed by atoms with Crippen molar-refractivity contribution in [3.63, 3.8) is 0 Å². The lowest BCUT2D eigenvalue weighted by atomic mass is 9.88. The molecule has 1 aliphatic heterocycles. The molecule has 1 amide bonds. The van der Waals surface area contributed by atoms with E-state index in [0.29, 0.717) is 39.9 Å². The number of aromatic amines is 1. The van der Waals surface area contributed by atoms with Crippen molar-refractivity contribution in [2.24, 2.45) is 5.73 Å². The van der Waals surface area contributed by atoms with Crippen LogP contribution in [0.4, 0.5) is 4.39 Å². The summed E-state index contributed by atoms with van der Waals surface area (Å²) in [5, 5.41) is 0. The van der Waals surface area contributed by atoms with Crippen LogP contribution in [0.3, 0.4) is 0 Å². The van der Waals surface area contributed by atoms with Gasteiger partial charge in [-0.3, -0.25) is 4.79 Å². The minimum Gasteiger partial charge on any atom is -0.366 e. The van der Waals surface area contributed by atoms with Crippen molar-refractivity contribution in [1.82, 2.24) is 14.9 Å². The van der Waals surface area contributed by atoms with Crippen LogP contribution in [-0.2, 0) is 0 Å². The van der Waals surface area contributed by atoms with Gasteiger partial charge >= 0.3 is 0 Å². The number of carbonyl (C=O) groups is 1.